The number of carbonyl (C=O) groups is 9. The zero-order chi connectivity index (χ0) is 44.1. The fraction of sp³-hybridized carbons (Fsp3) is 0.553. The largest absolute Gasteiger partial charge is 0.481 e. The number of piperidine rings is 1. The lowest BCUT2D eigenvalue weighted by atomic mass is 9.97. The molecule has 23 heteroatoms. The maximum atomic E-state index is 14.0. The average molecular weight is 889 g/mol. The van der Waals surface area contributed by atoms with Gasteiger partial charge in [-0.3, -0.25) is 43.2 Å². The summed E-state index contributed by atoms with van der Waals surface area (Å²) < 4.78 is 6.19. The zero-order valence-corrected chi connectivity index (χ0v) is 35.1. The van der Waals surface area contributed by atoms with Crippen LogP contribution < -0.4 is 43.0 Å². The van der Waals surface area contributed by atoms with Crippen LogP contribution in [0.5, 0.6) is 0 Å². The molecule has 3 saturated heterocycles. The molecule has 11 N–H and O–H groups in total. The quantitative estimate of drug-likeness (QED) is 0.117. The highest BCUT2D eigenvalue weighted by Gasteiger charge is 2.43. The summed E-state index contributed by atoms with van der Waals surface area (Å²) in [4.78, 5) is 122. The van der Waals surface area contributed by atoms with E-state index < -0.39 is 96.6 Å². The Balaban J connectivity index is 1.32. The number of benzene rings is 1. The maximum Gasteiger partial charge on any atom is 0.305 e. The summed E-state index contributed by atoms with van der Waals surface area (Å²) in [6, 6.07) is 0.900. The molecule has 0 bridgehead atoms. The highest BCUT2D eigenvalue weighted by atomic mass is 33.1. The Hall–Kier alpha value is -5.39. The van der Waals surface area contributed by atoms with Crippen LogP contribution in [-0.2, 0) is 54.5 Å². The molecule has 3 aliphatic rings. The molecule has 0 aliphatic carbocycles. The number of nitrogens with two attached hydrogens (primary N) is 1. The Morgan fingerprint density at radius 3 is 2.41 bits per heavy atom. The number of H-pyrrole nitrogens is 1. The number of carboxylic acid groups (broad SMARTS) is 1. The van der Waals surface area contributed by atoms with E-state index >= 15 is 0 Å². The van der Waals surface area contributed by atoms with Gasteiger partial charge in [-0.25, -0.2) is 0 Å². The molecule has 61 heavy (non-hydrogen) atoms. The van der Waals surface area contributed by atoms with Crippen LogP contribution in [0.2, 0.25) is 0 Å². The second kappa shape index (κ2) is 22.5. The molecular weight excluding hydrogens is 837 g/mol. The van der Waals surface area contributed by atoms with Crippen molar-refractivity contribution in [1.29, 1.82) is 0 Å². The average Bonchev–Trinajstić information content (AvgIpc) is 3.86. The van der Waals surface area contributed by atoms with E-state index in [-0.39, 0.29) is 55.9 Å². The molecule has 8 amide bonds. The van der Waals surface area contributed by atoms with Crippen molar-refractivity contribution in [2.45, 2.75) is 81.9 Å². The third-order valence-electron chi connectivity index (χ3n) is 10.4. The molecule has 0 spiro atoms. The third-order valence-corrected chi connectivity index (χ3v) is 12.8. The number of aromatic nitrogens is 1. The number of hydrogen-bond acceptors (Lipinski definition) is 13. The minimum atomic E-state index is -1.70. The monoisotopic (exact) mass is 888 g/mol. The third kappa shape index (κ3) is 13.6. The van der Waals surface area contributed by atoms with Gasteiger partial charge >= 0.3 is 5.97 Å². The number of para-hydroxylation sites is 1. The van der Waals surface area contributed by atoms with Gasteiger partial charge in [0, 0.05) is 66.0 Å². The first-order valence-electron chi connectivity index (χ1n) is 19.9. The molecule has 3 aliphatic heterocycles. The Morgan fingerprint density at radius 1 is 0.934 bits per heavy atom. The normalized spacial score (nSPS) is 26.0. The molecule has 21 nitrogen and oxygen atoms in total. The predicted octanol–water partition coefficient (Wildman–Crippen LogP) is -2.41. The number of aromatic amines is 1. The lowest BCUT2D eigenvalue weighted by Crippen LogP contribution is -2.58. The number of carbonyl (C=O) groups excluding carboxylic acids is 8. The molecule has 2 aromatic rings. The van der Waals surface area contributed by atoms with Gasteiger partial charge in [-0.05, 0) is 38.9 Å². The number of primary amides is 1. The maximum absolute atomic E-state index is 14.0. The van der Waals surface area contributed by atoms with Gasteiger partial charge in [0.2, 0.25) is 47.3 Å². The molecule has 3 fully saturated rings. The van der Waals surface area contributed by atoms with E-state index in [0.717, 1.165) is 27.3 Å². The van der Waals surface area contributed by atoms with E-state index in [4.69, 9.17) is 10.5 Å². The SMILES string of the molecule is C[C@@H]1NC(=O)[C@H](CC(=O)O)NC(=O)CNC(=O)[C@H](CNC(=O)C2CCNCC2)NC(=O)CCSSC[C@@H](C(N)=O)NC(=O)[C@@H]2CC(OCc3c[nH]c4ccccc34)CN2C1=O. The molecule has 0 radical (unpaired) electrons. The van der Waals surface area contributed by atoms with Crippen molar-refractivity contribution in [2.24, 2.45) is 11.7 Å². The number of hydrogen-bond donors (Lipinski definition) is 10. The van der Waals surface area contributed by atoms with Crippen molar-refractivity contribution in [2.75, 3.05) is 44.2 Å². The van der Waals surface area contributed by atoms with Crippen molar-refractivity contribution in [3.63, 3.8) is 0 Å². The van der Waals surface area contributed by atoms with Gasteiger partial charge in [0.25, 0.3) is 0 Å². The Kier molecular flexibility index (Phi) is 17.2. The first-order chi connectivity index (χ1) is 29.2. The smallest absolute Gasteiger partial charge is 0.305 e. The lowest BCUT2D eigenvalue weighted by Gasteiger charge is -2.28. The first kappa shape index (κ1) is 46.7. The van der Waals surface area contributed by atoms with Crippen LogP contribution in [0.25, 0.3) is 10.9 Å². The number of fused-ring (bicyclic) bond motifs is 2. The first-order valence-corrected chi connectivity index (χ1v) is 22.4. The Labute approximate surface area is 358 Å². The van der Waals surface area contributed by atoms with E-state index in [0.29, 0.717) is 25.9 Å². The highest BCUT2D eigenvalue weighted by molar-refractivity contribution is 8.76. The molecule has 0 saturated carbocycles. The Morgan fingerprint density at radius 2 is 1.67 bits per heavy atom. The number of amides is 8. The van der Waals surface area contributed by atoms with Crippen molar-refractivity contribution in [3.05, 3.63) is 36.0 Å². The fourth-order valence-electron chi connectivity index (χ4n) is 7.09. The van der Waals surface area contributed by atoms with Crippen molar-refractivity contribution in [3.8, 4) is 0 Å². The van der Waals surface area contributed by atoms with E-state index in [1.165, 1.54) is 22.6 Å². The van der Waals surface area contributed by atoms with Gasteiger partial charge in [-0.1, -0.05) is 39.8 Å². The van der Waals surface area contributed by atoms with Crippen molar-refractivity contribution >= 4 is 85.7 Å². The van der Waals surface area contributed by atoms with Crippen LogP contribution in [0, 0.1) is 5.92 Å². The van der Waals surface area contributed by atoms with Gasteiger partial charge < -0.3 is 62.7 Å². The topological polar surface area (TPSA) is 312 Å². The fourth-order valence-corrected chi connectivity index (χ4v) is 9.26. The summed E-state index contributed by atoms with van der Waals surface area (Å²) in [5.74, 6) is -7.52. The van der Waals surface area contributed by atoms with Crippen molar-refractivity contribution < 1.29 is 53.0 Å². The number of carboxylic acids is 1. The van der Waals surface area contributed by atoms with Gasteiger partial charge in [-0.15, -0.1) is 0 Å². The number of nitrogens with zero attached hydrogens (tertiary/aromatic N) is 1. The van der Waals surface area contributed by atoms with Crippen LogP contribution in [0.3, 0.4) is 0 Å². The van der Waals surface area contributed by atoms with Crippen LogP contribution in [-0.4, -0.2) is 149 Å². The van der Waals surface area contributed by atoms with Gasteiger partial charge in [-0.2, -0.15) is 0 Å². The summed E-state index contributed by atoms with van der Waals surface area (Å²) in [5, 5.41) is 28.6. The van der Waals surface area contributed by atoms with E-state index in [2.05, 4.69) is 42.2 Å². The second-order valence-corrected chi connectivity index (χ2v) is 17.5. The molecule has 1 aromatic carbocycles. The molecule has 1 aromatic heterocycles. The molecule has 1 unspecified atom stereocenters. The number of ether oxygens (including phenoxy) is 1. The highest BCUT2D eigenvalue weighted by Crippen LogP contribution is 2.27. The van der Waals surface area contributed by atoms with Crippen LogP contribution in [0.15, 0.2) is 30.5 Å². The summed E-state index contributed by atoms with van der Waals surface area (Å²) >= 11 is 0. The van der Waals surface area contributed by atoms with Gasteiger partial charge in [0.15, 0.2) is 0 Å². The number of nitrogens with one attached hydrogen (secondary N) is 8. The molecule has 6 atom stereocenters. The predicted molar refractivity (Wildman–Crippen MR) is 223 cm³/mol. The van der Waals surface area contributed by atoms with Crippen LogP contribution in [0.4, 0.5) is 0 Å². The van der Waals surface area contributed by atoms with Gasteiger partial charge in [0.05, 0.1) is 25.7 Å². The lowest BCUT2D eigenvalue weighted by molar-refractivity contribution is -0.143. The van der Waals surface area contributed by atoms with E-state index in [1.54, 1.807) is 6.20 Å². The summed E-state index contributed by atoms with van der Waals surface area (Å²) in [7, 11) is 2.36. The minimum absolute atomic E-state index is 0.000716. The molecule has 4 heterocycles. The number of aliphatic carboxylic acids is 1. The summed E-state index contributed by atoms with van der Waals surface area (Å²) in [6.07, 6.45) is 1.35. The van der Waals surface area contributed by atoms with Crippen molar-refractivity contribution in [1.82, 2.24) is 47.1 Å². The standard InChI is InChI=1S/C38H52N10O11S2/c1-20-38(58)48-17-23(59-18-22-14-41-25-5-3-2-4-24(22)25)12-29(48)37(57)47-28(33(39)53)19-61-60-11-8-30(49)46-27(15-42-34(54)21-6-9-40-10-7-21)35(55)43-16-31(50)45-26(13-32(51)52)36(56)44-20/h2-5,14,20-21,23,26-29,40-41H,6-13,15-19H2,1H3,(H2,39,53)(H,42,54)(H,43,55)(H,44,56)(H,45,50)(H,46,49)(H,47,57)(H,51,52)/t20-,23?,26-,27-,28-,29-/m0/s1. The van der Waals surface area contributed by atoms with Crippen LogP contribution >= 0.6 is 21.6 Å². The molecule has 332 valence electrons. The molecule has 5 rings (SSSR count). The van der Waals surface area contributed by atoms with E-state index in [9.17, 15) is 48.3 Å². The zero-order valence-electron chi connectivity index (χ0n) is 33.5. The molecular formula is C38H52N10O11S2. The minimum Gasteiger partial charge on any atom is -0.481 e. The Bertz CT molecular complexity index is 1960. The van der Waals surface area contributed by atoms with Gasteiger partial charge in [0.1, 0.15) is 30.2 Å². The van der Waals surface area contributed by atoms with E-state index in [1.807, 2.05) is 24.3 Å². The van der Waals surface area contributed by atoms with Crippen LogP contribution in [0.1, 0.15) is 44.6 Å². The second-order valence-electron chi connectivity index (χ2n) is 14.9. The number of rotatable bonds is 9. The summed E-state index contributed by atoms with van der Waals surface area (Å²) in [6.45, 7) is 1.65. The summed E-state index contributed by atoms with van der Waals surface area (Å²) in [5.41, 5.74) is 7.40.